The lowest BCUT2D eigenvalue weighted by Crippen LogP contribution is -2.31. The van der Waals surface area contributed by atoms with E-state index >= 15 is 0 Å². The number of nitrogens with two attached hydrogens (primary N) is 1. The van der Waals surface area contributed by atoms with Gasteiger partial charge in [0.2, 0.25) is 0 Å². The van der Waals surface area contributed by atoms with E-state index in [0.29, 0.717) is 11.0 Å². The molecule has 0 saturated carbocycles. The Kier molecular flexibility index (Phi) is 4.82. The van der Waals surface area contributed by atoms with Gasteiger partial charge < -0.3 is 21.0 Å². The highest BCUT2D eigenvalue weighted by atomic mass is 31.2. The normalized spacial score (nSPS) is 13.2. The van der Waals surface area contributed by atoms with Crippen molar-refractivity contribution in [3.8, 4) is 0 Å². The van der Waals surface area contributed by atoms with Gasteiger partial charge in [-0.3, -0.25) is 0 Å². The summed E-state index contributed by atoms with van der Waals surface area (Å²) in [7, 11) is -2.43. The first-order chi connectivity index (χ1) is 9.04. The van der Waals surface area contributed by atoms with Crippen molar-refractivity contribution in [2.75, 3.05) is 19.1 Å². The highest BCUT2D eigenvalue weighted by Crippen LogP contribution is 2.37. The fourth-order valence-electron chi connectivity index (χ4n) is 1.69. The number of hydrogen-bond donors (Lipinski definition) is 3. The van der Waals surface area contributed by atoms with Gasteiger partial charge in [0.05, 0.1) is 0 Å². The second-order valence-corrected chi connectivity index (χ2v) is 9.45. The molecule has 0 atom stereocenters. The SMILES string of the molecule is CC(C)(C)N/C=C(\C=N)c1ccc(N)c(P(C)(C)=O)c1. The van der Waals surface area contributed by atoms with Crippen molar-refractivity contribution in [3.63, 3.8) is 0 Å². The number of anilines is 1. The summed E-state index contributed by atoms with van der Waals surface area (Å²) in [5.74, 6) is 0. The molecular formula is C15H24N3OP. The molecule has 20 heavy (non-hydrogen) atoms. The van der Waals surface area contributed by atoms with Gasteiger partial charge in [0.15, 0.2) is 0 Å². The van der Waals surface area contributed by atoms with Crippen LogP contribution in [0.4, 0.5) is 5.69 Å². The van der Waals surface area contributed by atoms with Crippen LogP contribution in [-0.2, 0) is 4.57 Å². The Balaban J connectivity index is 3.25. The number of benzene rings is 1. The third kappa shape index (κ3) is 4.53. The average Bonchev–Trinajstić information content (AvgIpc) is 2.28. The van der Waals surface area contributed by atoms with Crippen LogP contribution in [0.25, 0.3) is 5.57 Å². The molecule has 110 valence electrons. The standard InChI is InChI=1S/C15H24N3OP/c1-15(2,3)18-10-12(9-16)11-6-7-13(17)14(8-11)20(4,5)19/h6-10,16,18H,17H2,1-5H3/b12-10+,16-9?. The van der Waals surface area contributed by atoms with Crippen molar-refractivity contribution >= 4 is 29.9 Å². The van der Waals surface area contributed by atoms with Crippen molar-refractivity contribution in [3.05, 3.63) is 30.0 Å². The lowest BCUT2D eigenvalue weighted by Gasteiger charge is -2.20. The minimum atomic E-state index is -2.43. The molecule has 0 aliphatic carbocycles. The highest BCUT2D eigenvalue weighted by Gasteiger charge is 2.16. The predicted octanol–water partition coefficient (Wildman–Crippen LogP) is 2.90. The largest absolute Gasteiger partial charge is 0.398 e. The van der Waals surface area contributed by atoms with E-state index in [1.807, 2.05) is 32.9 Å². The van der Waals surface area contributed by atoms with E-state index in [4.69, 9.17) is 11.1 Å². The van der Waals surface area contributed by atoms with Gasteiger partial charge in [0.25, 0.3) is 0 Å². The van der Waals surface area contributed by atoms with E-state index in [-0.39, 0.29) is 5.54 Å². The predicted molar refractivity (Wildman–Crippen MR) is 89.6 cm³/mol. The van der Waals surface area contributed by atoms with Gasteiger partial charge in [-0.1, -0.05) is 6.07 Å². The zero-order valence-corrected chi connectivity index (χ0v) is 13.7. The van der Waals surface area contributed by atoms with Gasteiger partial charge in [-0.25, -0.2) is 0 Å². The Morgan fingerprint density at radius 2 is 1.95 bits per heavy atom. The van der Waals surface area contributed by atoms with Crippen LogP contribution in [0.2, 0.25) is 0 Å². The molecule has 0 heterocycles. The summed E-state index contributed by atoms with van der Waals surface area (Å²) >= 11 is 0. The first-order valence-electron chi connectivity index (χ1n) is 6.48. The van der Waals surface area contributed by atoms with Gasteiger partial charge in [-0.15, -0.1) is 0 Å². The maximum absolute atomic E-state index is 12.2. The van der Waals surface area contributed by atoms with E-state index in [2.05, 4.69) is 5.32 Å². The van der Waals surface area contributed by atoms with Crippen LogP contribution in [0.15, 0.2) is 24.4 Å². The van der Waals surface area contributed by atoms with E-state index < -0.39 is 7.14 Å². The minimum Gasteiger partial charge on any atom is -0.398 e. The van der Waals surface area contributed by atoms with Crippen molar-refractivity contribution in [2.24, 2.45) is 0 Å². The van der Waals surface area contributed by atoms with Crippen molar-refractivity contribution in [1.29, 1.82) is 5.41 Å². The lowest BCUT2D eigenvalue weighted by atomic mass is 10.1. The molecule has 0 bridgehead atoms. The number of nitrogen functional groups attached to an aromatic ring is 1. The summed E-state index contributed by atoms with van der Waals surface area (Å²) in [6.45, 7) is 9.54. The molecule has 0 fully saturated rings. The lowest BCUT2D eigenvalue weighted by molar-refractivity contribution is 0.492. The summed E-state index contributed by atoms with van der Waals surface area (Å²) < 4.78 is 12.2. The summed E-state index contributed by atoms with van der Waals surface area (Å²) in [6.07, 6.45) is 3.09. The van der Waals surface area contributed by atoms with Crippen LogP contribution in [0.1, 0.15) is 26.3 Å². The average molecular weight is 293 g/mol. The minimum absolute atomic E-state index is 0.0737. The summed E-state index contributed by atoms with van der Waals surface area (Å²) in [6, 6.07) is 5.41. The molecule has 0 aliphatic heterocycles. The smallest absolute Gasteiger partial charge is 0.111 e. The number of allylic oxidation sites excluding steroid dienone is 1. The second kappa shape index (κ2) is 5.84. The first-order valence-corrected chi connectivity index (χ1v) is 9.08. The van der Waals surface area contributed by atoms with Crippen molar-refractivity contribution < 1.29 is 4.57 Å². The number of hydrogen-bond acceptors (Lipinski definition) is 4. The molecule has 0 saturated heterocycles. The van der Waals surface area contributed by atoms with E-state index in [1.54, 1.807) is 25.6 Å². The molecule has 1 aromatic carbocycles. The quantitative estimate of drug-likeness (QED) is 0.454. The highest BCUT2D eigenvalue weighted by molar-refractivity contribution is 7.70. The summed E-state index contributed by atoms with van der Waals surface area (Å²) in [4.78, 5) is 0. The Morgan fingerprint density at radius 1 is 1.35 bits per heavy atom. The van der Waals surface area contributed by atoms with Crippen LogP contribution in [0, 0.1) is 5.41 Å². The fourth-order valence-corrected chi connectivity index (χ4v) is 2.84. The van der Waals surface area contributed by atoms with Crippen molar-refractivity contribution in [1.82, 2.24) is 5.32 Å². The van der Waals surface area contributed by atoms with Crippen LogP contribution in [-0.4, -0.2) is 25.1 Å². The Morgan fingerprint density at radius 3 is 2.40 bits per heavy atom. The van der Waals surface area contributed by atoms with E-state index in [9.17, 15) is 4.57 Å². The zero-order chi connectivity index (χ0) is 15.6. The third-order valence-electron chi connectivity index (χ3n) is 2.76. The van der Waals surface area contributed by atoms with Gasteiger partial charge in [0.1, 0.15) is 7.14 Å². The Labute approximate surface area is 121 Å². The Hall–Kier alpha value is -1.54. The van der Waals surface area contributed by atoms with Gasteiger partial charge in [-0.05, 0) is 51.8 Å². The molecule has 0 unspecified atom stereocenters. The van der Waals surface area contributed by atoms with Crippen LogP contribution in [0.3, 0.4) is 0 Å². The monoisotopic (exact) mass is 293 g/mol. The first kappa shape index (κ1) is 16.5. The zero-order valence-electron chi connectivity index (χ0n) is 12.8. The number of rotatable bonds is 4. The molecule has 4 N–H and O–H groups in total. The maximum atomic E-state index is 12.2. The van der Waals surface area contributed by atoms with Gasteiger partial charge in [-0.2, -0.15) is 0 Å². The van der Waals surface area contributed by atoms with E-state index in [0.717, 1.165) is 11.1 Å². The number of nitrogens with one attached hydrogen (secondary N) is 2. The van der Waals surface area contributed by atoms with Crippen molar-refractivity contribution in [2.45, 2.75) is 26.3 Å². The topological polar surface area (TPSA) is 79.0 Å². The van der Waals surface area contributed by atoms with Crippen LogP contribution < -0.4 is 16.4 Å². The Bertz CT molecular complexity index is 579. The van der Waals surface area contributed by atoms with Crippen LogP contribution >= 0.6 is 7.14 Å². The summed E-state index contributed by atoms with van der Waals surface area (Å²) in [5.41, 5.74) is 7.93. The molecule has 0 radical (unpaired) electrons. The van der Waals surface area contributed by atoms with Crippen LogP contribution in [0.5, 0.6) is 0 Å². The molecule has 0 spiro atoms. The van der Waals surface area contributed by atoms with E-state index in [1.165, 1.54) is 6.21 Å². The second-order valence-electron chi connectivity index (χ2n) is 6.26. The molecular weight excluding hydrogens is 269 g/mol. The molecule has 4 nitrogen and oxygen atoms in total. The third-order valence-corrected chi connectivity index (χ3v) is 4.31. The molecule has 1 rings (SSSR count). The molecule has 0 amide bonds. The fraction of sp³-hybridized carbons (Fsp3) is 0.400. The molecule has 0 aromatic heterocycles. The molecule has 5 heteroatoms. The maximum Gasteiger partial charge on any atom is 0.111 e. The molecule has 1 aromatic rings. The van der Waals surface area contributed by atoms with Gasteiger partial charge in [0, 0.05) is 34.5 Å². The summed E-state index contributed by atoms with van der Waals surface area (Å²) in [5, 5.41) is 11.4. The molecule has 0 aliphatic rings. The van der Waals surface area contributed by atoms with Gasteiger partial charge >= 0.3 is 0 Å².